The first-order chi connectivity index (χ1) is 4.57. The lowest BCUT2D eigenvalue weighted by Gasteiger charge is -1.94. The van der Waals surface area contributed by atoms with Gasteiger partial charge in [-0.15, -0.1) is 0 Å². The van der Waals surface area contributed by atoms with E-state index in [4.69, 9.17) is 5.73 Å². The Hall–Kier alpha value is -1.23. The highest BCUT2D eigenvalue weighted by atomic mass is 16.6. The molecule has 0 aliphatic heterocycles. The van der Waals surface area contributed by atoms with Gasteiger partial charge in [0, 0.05) is 6.92 Å². The maximum Gasteiger partial charge on any atom is 0.383 e. The largest absolute Gasteiger partial charge is 0.387 e. The van der Waals surface area contributed by atoms with Crippen LogP contribution in [0.15, 0.2) is 0 Å². The standard InChI is InChI=1S/C5H7NO4/c1-3(7)10-5(9)4(8)2-6/h2,6H2,1H3. The van der Waals surface area contributed by atoms with E-state index in [0.29, 0.717) is 0 Å². The second-order valence-electron chi connectivity index (χ2n) is 1.51. The number of nitrogens with two attached hydrogens (primary N) is 1. The third-order valence-electron chi connectivity index (χ3n) is 0.649. The van der Waals surface area contributed by atoms with Crippen molar-refractivity contribution in [3.05, 3.63) is 0 Å². The Morgan fingerprint density at radius 3 is 2.20 bits per heavy atom. The van der Waals surface area contributed by atoms with E-state index in [2.05, 4.69) is 4.74 Å². The molecule has 2 N–H and O–H groups in total. The number of hydrogen-bond acceptors (Lipinski definition) is 5. The molecule has 0 aromatic heterocycles. The monoisotopic (exact) mass is 145 g/mol. The van der Waals surface area contributed by atoms with Crippen molar-refractivity contribution in [3.8, 4) is 0 Å². The predicted octanol–water partition coefficient (Wildman–Crippen LogP) is -1.40. The van der Waals surface area contributed by atoms with Gasteiger partial charge in [-0.3, -0.25) is 9.59 Å². The van der Waals surface area contributed by atoms with Gasteiger partial charge in [0.1, 0.15) is 0 Å². The van der Waals surface area contributed by atoms with Crippen molar-refractivity contribution >= 4 is 17.7 Å². The minimum Gasteiger partial charge on any atom is -0.387 e. The van der Waals surface area contributed by atoms with Crippen molar-refractivity contribution in [2.24, 2.45) is 5.73 Å². The fraction of sp³-hybridized carbons (Fsp3) is 0.400. The topological polar surface area (TPSA) is 86.5 Å². The van der Waals surface area contributed by atoms with Crippen LogP contribution in [0.1, 0.15) is 6.92 Å². The quantitative estimate of drug-likeness (QED) is 0.293. The summed E-state index contributed by atoms with van der Waals surface area (Å²) in [5.41, 5.74) is 4.79. The van der Waals surface area contributed by atoms with Gasteiger partial charge in [-0.2, -0.15) is 0 Å². The minimum absolute atomic E-state index is 0.438. The van der Waals surface area contributed by atoms with Gasteiger partial charge in [-0.1, -0.05) is 0 Å². The van der Waals surface area contributed by atoms with E-state index in [1.165, 1.54) is 0 Å². The van der Waals surface area contributed by atoms with Crippen LogP contribution in [-0.2, 0) is 19.1 Å². The van der Waals surface area contributed by atoms with Crippen molar-refractivity contribution in [2.75, 3.05) is 6.54 Å². The van der Waals surface area contributed by atoms with Crippen LogP contribution < -0.4 is 5.73 Å². The van der Waals surface area contributed by atoms with E-state index in [1.807, 2.05) is 0 Å². The molecule has 0 unspecified atom stereocenters. The van der Waals surface area contributed by atoms with Gasteiger partial charge < -0.3 is 10.5 Å². The maximum atomic E-state index is 10.3. The van der Waals surface area contributed by atoms with E-state index in [9.17, 15) is 14.4 Å². The first-order valence-corrected chi connectivity index (χ1v) is 2.53. The van der Waals surface area contributed by atoms with Gasteiger partial charge in [-0.25, -0.2) is 4.79 Å². The Labute approximate surface area is 57.1 Å². The van der Waals surface area contributed by atoms with Crippen molar-refractivity contribution in [1.82, 2.24) is 0 Å². The Morgan fingerprint density at radius 2 is 1.90 bits per heavy atom. The first-order valence-electron chi connectivity index (χ1n) is 2.53. The predicted molar refractivity (Wildman–Crippen MR) is 30.8 cm³/mol. The maximum absolute atomic E-state index is 10.3. The number of rotatable bonds is 2. The zero-order valence-electron chi connectivity index (χ0n) is 5.42. The summed E-state index contributed by atoms with van der Waals surface area (Å²) >= 11 is 0. The molecular weight excluding hydrogens is 138 g/mol. The molecule has 5 heteroatoms. The lowest BCUT2D eigenvalue weighted by Crippen LogP contribution is -2.26. The Balaban J connectivity index is 3.86. The molecule has 0 aromatic rings. The molecule has 0 amide bonds. The molecule has 10 heavy (non-hydrogen) atoms. The Kier molecular flexibility index (Phi) is 3.27. The van der Waals surface area contributed by atoms with Crippen molar-refractivity contribution in [1.29, 1.82) is 0 Å². The molecule has 0 radical (unpaired) electrons. The number of hydrogen-bond donors (Lipinski definition) is 1. The van der Waals surface area contributed by atoms with E-state index < -0.39 is 24.3 Å². The van der Waals surface area contributed by atoms with Gasteiger partial charge in [0.15, 0.2) is 0 Å². The van der Waals surface area contributed by atoms with Crippen LogP contribution in [0.25, 0.3) is 0 Å². The molecular formula is C5H7NO4. The average molecular weight is 145 g/mol. The number of ketones is 1. The SMILES string of the molecule is CC(=O)OC(=O)C(=O)CN. The highest BCUT2D eigenvalue weighted by Gasteiger charge is 2.14. The molecule has 0 saturated carbocycles. The van der Waals surface area contributed by atoms with Gasteiger partial charge in [-0.05, 0) is 0 Å². The highest BCUT2D eigenvalue weighted by molar-refractivity contribution is 6.35. The van der Waals surface area contributed by atoms with Crippen LogP contribution in [0, 0.1) is 0 Å². The third-order valence-corrected chi connectivity index (χ3v) is 0.649. The molecule has 0 aliphatic carbocycles. The van der Waals surface area contributed by atoms with Crippen LogP contribution in [0.4, 0.5) is 0 Å². The van der Waals surface area contributed by atoms with E-state index in [-0.39, 0.29) is 0 Å². The fourth-order valence-electron chi connectivity index (χ4n) is 0.271. The van der Waals surface area contributed by atoms with Crippen LogP contribution >= 0.6 is 0 Å². The molecule has 0 rings (SSSR count). The molecule has 0 fully saturated rings. The molecule has 0 bridgehead atoms. The molecule has 0 atom stereocenters. The van der Waals surface area contributed by atoms with Gasteiger partial charge in [0.25, 0.3) is 5.78 Å². The second-order valence-corrected chi connectivity index (χ2v) is 1.51. The zero-order valence-corrected chi connectivity index (χ0v) is 5.42. The second kappa shape index (κ2) is 3.73. The normalized spacial score (nSPS) is 8.60. The lowest BCUT2D eigenvalue weighted by atomic mass is 10.4. The van der Waals surface area contributed by atoms with Gasteiger partial charge in [0.05, 0.1) is 6.54 Å². The van der Waals surface area contributed by atoms with Gasteiger partial charge in [0.2, 0.25) is 0 Å². The summed E-state index contributed by atoms with van der Waals surface area (Å²) in [7, 11) is 0. The van der Waals surface area contributed by atoms with E-state index in [1.54, 1.807) is 0 Å². The molecule has 0 aromatic carbocycles. The Morgan fingerprint density at radius 1 is 1.40 bits per heavy atom. The van der Waals surface area contributed by atoms with Crippen LogP contribution in [0.5, 0.6) is 0 Å². The van der Waals surface area contributed by atoms with Crippen molar-refractivity contribution in [2.45, 2.75) is 6.92 Å². The van der Waals surface area contributed by atoms with Gasteiger partial charge >= 0.3 is 11.9 Å². The molecule has 0 aliphatic rings. The molecule has 56 valence electrons. The number of ether oxygens (including phenoxy) is 1. The number of carbonyl (C=O) groups is 3. The van der Waals surface area contributed by atoms with Crippen LogP contribution in [-0.4, -0.2) is 24.3 Å². The zero-order chi connectivity index (χ0) is 8.15. The summed E-state index contributed by atoms with van der Waals surface area (Å²) in [6.07, 6.45) is 0. The van der Waals surface area contributed by atoms with Crippen LogP contribution in [0.3, 0.4) is 0 Å². The molecule has 0 spiro atoms. The van der Waals surface area contributed by atoms with Crippen LogP contribution in [0.2, 0.25) is 0 Å². The summed E-state index contributed by atoms with van der Waals surface area (Å²) in [4.78, 5) is 30.6. The summed E-state index contributed by atoms with van der Waals surface area (Å²) < 4.78 is 3.90. The number of carbonyl (C=O) groups excluding carboxylic acids is 3. The van der Waals surface area contributed by atoms with E-state index in [0.717, 1.165) is 6.92 Å². The van der Waals surface area contributed by atoms with Crippen molar-refractivity contribution < 1.29 is 19.1 Å². The Bertz CT molecular complexity index is 174. The average Bonchev–Trinajstić information content (AvgIpc) is 1.85. The third kappa shape index (κ3) is 2.93. The van der Waals surface area contributed by atoms with E-state index >= 15 is 0 Å². The summed E-state index contributed by atoms with van der Waals surface area (Å²) in [6, 6.07) is 0. The first kappa shape index (κ1) is 8.77. The minimum atomic E-state index is -1.20. The summed E-state index contributed by atoms with van der Waals surface area (Å²) in [5, 5.41) is 0. The number of esters is 2. The molecule has 0 heterocycles. The lowest BCUT2D eigenvalue weighted by molar-refractivity contribution is -0.162. The highest BCUT2D eigenvalue weighted by Crippen LogP contribution is 1.79. The van der Waals surface area contributed by atoms with Crippen molar-refractivity contribution in [3.63, 3.8) is 0 Å². The summed E-state index contributed by atoms with van der Waals surface area (Å²) in [5.74, 6) is -2.92. The summed E-state index contributed by atoms with van der Waals surface area (Å²) in [6.45, 7) is 0.591. The smallest absolute Gasteiger partial charge is 0.383 e. The molecule has 0 saturated heterocycles. The number of Topliss-reactive ketones (excluding diaryl/α,β-unsaturated/α-hetero) is 1. The molecule has 5 nitrogen and oxygen atoms in total. The fourth-order valence-corrected chi connectivity index (χ4v) is 0.271.